The number of nitrogens with zero attached hydrogens (tertiary/aromatic N) is 1. The van der Waals surface area contributed by atoms with Crippen LogP contribution in [0, 0.1) is 12.7 Å². The van der Waals surface area contributed by atoms with Crippen LogP contribution in [0.25, 0.3) is 0 Å². The van der Waals surface area contributed by atoms with Crippen molar-refractivity contribution in [2.45, 2.75) is 6.92 Å². The third kappa shape index (κ3) is 3.98. The first kappa shape index (κ1) is 13.4. The van der Waals surface area contributed by atoms with Gasteiger partial charge in [0.05, 0.1) is 0 Å². The Morgan fingerprint density at radius 1 is 1.11 bits per heavy atom. The fourth-order valence-electron chi connectivity index (χ4n) is 1.96. The fourth-order valence-corrected chi connectivity index (χ4v) is 1.96. The van der Waals surface area contributed by atoms with E-state index in [1.54, 1.807) is 6.07 Å². The minimum atomic E-state index is -0.211. The summed E-state index contributed by atoms with van der Waals surface area (Å²) < 4.78 is 13.0. The third-order valence-electron chi connectivity index (χ3n) is 3.04. The molecule has 19 heavy (non-hydrogen) atoms. The van der Waals surface area contributed by atoms with Crippen molar-refractivity contribution in [2.24, 2.45) is 0 Å². The average molecular weight is 258 g/mol. The molecule has 100 valence electrons. The van der Waals surface area contributed by atoms with E-state index in [9.17, 15) is 4.39 Å². The number of halogens is 1. The van der Waals surface area contributed by atoms with Crippen molar-refractivity contribution < 1.29 is 4.39 Å². The van der Waals surface area contributed by atoms with Crippen molar-refractivity contribution in [3.63, 3.8) is 0 Å². The molecule has 0 aliphatic heterocycles. The Morgan fingerprint density at radius 3 is 2.63 bits per heavy atom. The molecule has 0 atom stereocenters. The zero-order valence-corrected chi connectivity index (χ0v) is 11.4. The first-order valence-electron chi connectivity index (χ1n) is 6.42. The molecule has 2 nitrogen and oxygen atoms in total. The van der Waals surface area contributed by atoms with Crippen LogP contribution in [0.3, 0.4) is 0 Å². The van der Waals surface area contributed by atoms with Crippen molar-refractivity contribution in [2.75, 3.05) is 30.4 Å². The molecule has 0 amide bonds. The Kier molecular flexibility index (Phi) is 4.39. The lowest BCUT2D eigenvalue weighted by Crippen LogP contribution is -2.24. The molecule has 0 unspecified atom stereocenters. The second kappa shape index (κ2) is 6.23. The number of anilines is 2. The Labute approximate surface area is 113 Å². The minimum Gasteiger partial charge on any atom is -0.383 e. The molecule has 0 aliphatic carbocycles. The Bertz CT molecular complexity index is 540. The molecule has 1 N–H and O–H groups in total. The molecule has 0 saturated carbocycles. The molecule has 0 spiro atoms. The molecule has 0 aliphatic rings. The quantitative estimate of drug-likeness (QED) is 0.880. The molecule has 0 heterocycles. The molecule has 2 aromatic rings. The molecule has 0 bridgehead atoms. The SMILES string of the molecule is Cc1cccc(N(C)CCNc2cccc(F)c2)c1. The number of nitrogens with one attached hydrogen (secondary N) is 1. The Hall–Kier alpha value is -2.03. The van der Waals surface area contributed by atoms with Gasteiger partial charge in [0.2, 0.25) is 0 Å². The van der Waals surface area contributed by atoms with E-state index < -0.39 is 0 Å². The molecule has 2 aromatic carbocycles. The summed E-state index contributed by atoms with van der Waals surface area (Å²) in [5.74, 6) is -0.211. The van der Waals surface area contributed by atoms with Gasteiger partial charge in [-0.1, -0.05) is 18.2 Å². The molecule has 0 aromatic heterocycles. The maximum Gasteiger partial charge on any atom is 0.125 e. The van der Waals surface area contributed by atoms with Crippen LogP contribution in [0.4, 0.5) is 15.8 Å². The van der Waals surface area contributed by atoms with Gasteiger partial charge in [-0.15, -0.1) is 0 Å². The number of hydrogen-bond donors (Lipinski definition) is 1. The molecule has 0 fully saturated rings. The van der Waals surface area contributed by atoms with Gasteiger partial charge < -0.3 is 10.2 Å². The molecular formula is C16H19FN2. The number of rotatable bonds is 5. The molecule has 2 rings (SSSR count). The standard InChI is InChI=1S/C16H19FN2/c1-13-5-3-8-16(11-13)19(2)10-9-18-15-7-4-6-14(17)12-15/h3-8,11-12,18H,9-10H2,1-2H3. The van der Waals surface area contributed by atoms with Gasteiger partial charge in [-0.3, -0.25) is 0 Å². The maximum absolute atomic E-state index is 13.0. The highest BCUT2D eigenvalue weighted by Gasteiger charge is 2.00. The zero-order valence-electron chi connectivity index (χ0n) is 11.4. The summed E-state index contributed by atoms with van der Waals surface area (Å²) in [5, 5.41) is 3.22. The van der Waals surface area contributed by atoms with Gasteiger partial charge in [0, 0.05) is 31.5 Å². The van der Waals surface area contributed by atoms with Gasteiger partial charge in [-0.05, 0) is 42.8 Å². The summed E-state index contributed by atoms with van der Waals surface area (Å²) in [4.78, 5) is 2.18. The van der Waals surface area contributed by atoms with Crippen LogP contribution < -0.4 is 10.2 Å². The van der Waals surface area contributed by atoms with Crippen molar-refractivity contribution in [1.82, 2.24) is 0 Å². The van der Waals surface area contributed by atoms with E-state index in [0.29, 0.717) is 0 Å². The van der Waals surface area contributed by atoms with E-state index in [2.05, 4.69) is 48.5 Å². The number of likely N-dealkylation sites (N-methyl/N-ethyl adjacent to an activating group) is 1. The first-order valence-corrected chi connectivity index (χ1v) is 6.42. The van der Waals surface area contributed by atoms with E-state index >= 15 is 0 Å². The minimum absolute atomic E-state index is 0.211. The Balaban J connectivity index is 1.85. The van der Waals surface area contributed by atoms with Crippen molar-refractivity contribution >= 4 is 11.4 Å². The number of benzene rings is 2. The van der Waals surface area contributed by atoms with Crippen molar-refractivity contribution in [3.05, 3.63) is 59.9 Å². The summed E-state index contributed by atoms with van der Waals surface area (Å²) in [6.07, 6.45) is 0. The molecule has 0 radical (unpaired) electrons. The van der Waals surface area contributed by atoms with Crippen molar-refractivity contribution in [1.29, 1.82) is 0 Å². The van der Waals surface area contributed by atoms with Crippen LogP contribution >= 0.6 is 0 Å². The van der Waals surface area contributed by atoms with Gasteiger partial charge in [0.15, 0.2) is 0 Å². The van der Waals surface area contributed by atoms with E-state index in [4.69, 9.17) is 0 Å². The monoisotopic (exact) mass is 258 g/mol. The highest BCUT2D eigenvalue weighted by molar-refractivity contribution is 5.48. The van der Waals surface area contributed by atoms with Gasteiger partial charge in [-0.25, -0.2) is 4.39 Å². The molecule has 3 heteroatoms. The highest BCUT2D eigenvalue weighted by atomic mass is 19.1. The average Bonchev–Trinajstić information content (AvgIpc) is 2.38. The lowest BCUT2D eigenvalue weighted by molar-refractivity contribution is 0.628. The number of aryl methyl sites for hydroxylation is 1. The van der Waals surface area contributed by atoms with E-state index in [1.165, 1.54) is 23.4 Å². The Morgan fingerprint density at radius 2 is 1.89 bits per heavy atom. The van der Waals surface area contributed by atoms with Crippen LogP contribution in [-0.2, 0) is 0 Å². The van der Waals surface area contributed by atoms with E-state index in [1.807, 2.05) is 6.07 Å². The molecular weight excluding hydrogens is 239 g/mol. The summed E-state index contributed by atoms with van der Waals surface area (Å²) in [7, 11) is 2.06. The number of hydrogen-bond acceptors (Lipinski definition) is 2. The topological polar surface area (TPSA) is 15.3 Å². The summed E-state index contributed by atoms with van der Waals surface area (Å²) in [6, 6.07) is 14.9. The predicted molar refractivity (Wildman–Crippen MR) is 79.3 cm³/mol. The second-order valence-corrected chi connectivity index (χ2v) is 4.70. The van der Waals surface area contributed by atoms with Crippen molar-refractivity contribution in [3.8, 4) is 0 Å². The van der Waals surface area contributed by atoms with Crippen LogP contribution in [0.15, 0.2) is 48.5 Å². The predicted octanol–water partition coefficient (Wildman–Crippen LogP) is 3.68. The maximum atomic E-state index is 13.0. The van der Waals surface area contributed by atoms with Gasteiger partial charge in [0.1, 0.15) is 5.82 Å². The van der Waals surface area contributed by atoms with Crippen LogP contribution in [0.1, 0.15) is 5.56 Å². The lowest BCUT2D eigenvalue weighted by atomic mass is 10.2. The largest absolute Gasteiger partial charge is 0.383 e. The van der Waals surface area contributed by atoms with Crippen LogP contribution in [0.2, 0.25) is 0 Å². The summed E-state index contributed by atoms with van der Waals surface area (Å²) in [5.41, 5.74) is 3.26. The third-order valence-corrected chi connectivity index (χ3v) is 3.04. The smallest absolute Gasteiger partial charge is 0.125 e. The first-order chi connectivity index (χ1) is 9.15. The summed E-state index contributed by atoms with van der Waals surface area (Å²) >= 11 is 0. The van der Waals surface area contributed by atoms with E-state index in [-0.39, 0.29) is 5.82 Å². The molecule has 0 saturated heterocycles. The second-order valence-electron chi connectivity index (χ2n) is 4.70. The summed E-state index contributed by atoms with van der Waals surface area (Å²) in [6.45, 7) is 3.72. The fraction of sp³-hybridized carbons (Fsp3) is 0.250. The van der Waals surface area contributed by atoms with Gasteiger partial charge in [-0.2, -0.15) is 0 Å². The lowest BCUT2D eigenvalue weighted by Gasteiger charge is -2.20. The van der Waals surface area contributed by atoms with Gasteiger partial charge >= 0.3 is 0 Å². The zero-order chi connectivity index (χ0) is 13.7. The van der Waals surface area contributed by atoms with E-state index in [0.717, 1.165) is 18.8 Å². The highest BCUT2D eigenvalue weighted by Crippen LogP contribution is 2.14. The van der Waals surface area contributed by atoms with Crippen LogP contribution in [0.5, 0.6) is 0 Å². The van der Waals surface area contributed by atoms with Crippen LogP contribution in [-0.4, -0.2) is 20.1 Å². The normalized spacial score (nSPS) is 10.3. The van der Waals surface area contributed by atoms with Gasteiger partial charge in [0.25, 0.3) is 0 Å².